The second-order valence-electron chi connectivity index (χ2n) is 6.08. The van der Waals surface area contributed by atoms with Gasteiger partial charge < -0.3 is 42.7 Å². The first-order chi connectivity index (χ1) is 13.4. The summed E-state index contributed by atoms with van der Waals surface area (Å²) in [6, 6.07) is -5.67. The van der Waals surface area contributed by atoms with E-state index in [1.165, 1.54) is 6.92 Å². The lowest BCUT2D eigenvalue weighted by Gasteiger charge is -2.22. The van der Waals surface area contributed by atoms with Gasteiger partial charge in [-0.05, 0) is 13.3 Å². The van der Waals surface area contributed by atoms with E-state index >= 15 is 0 Å². The Morgan fingerprint density at radius 1 is 0.897 bits per heavy atom. The molecule has 0 aliphatic carbocycles. The summed E-state index contributed by atoms with van der Waals surface area (Å²) in [5.74, 6) is -6.55. The highest BCUT2D eigenvalue weighted by atomic mass is 16.4. The summed E-state index contributed by atoms with van der Waals surface area (Å²) in [5, 5.41) is 33.0. The van der Waals surface area contributed by atoms with Crippen LogP contribution in [0.3, 0.4) is 0 Å². The zero-order chi connectivity index (χ0) is 22.7. The van der Waals surface area contributed by atoms with Crippen LogP contribution in [0.5, 0.6) is 0 Å². The Morgan fingerprint density at radius 3 is 1.90 bits per heavy atom. The molecule has 0 aromatic rings. The van der Waals surface area contributed by atoms with E-state index < -0.39 is 72.8 Å². The van der Waals surface area contributed by atoms with Crippen molar-refractivity contribution in [2.24, 2.45) is 11.5 Å². The first-order valence-electron chi connectivity index (χ1n) is 8.39. The topological polar surface area (TPSA) is 251 Å². The number of nitrogens with one attached hydrogen (secondary N) is 3. The van der Waals surface area contributed by atoms with Gasteiger partial charge in [0.15, 0.2) is 0 Å². The number of hydrogen-bond donors (Lipinski definition) is 8. The molecule has 0 saturated heterocycles. The van der Waals surface area contributed by atoms with Crippen molar-refractivity contribution < 1.29 is 44.1 Å². The van der Waals surface area contributed by atoms with Crippen molar-refractivity contribution in [1.29, 1.82) is 0 Å². The Morgan fingerprint density at radius 2 is 1.45 bits per heavy atom. The molecule has 29 heavy (non-hydrogen) atoms. The van der Waals surface area contributed by atoms with Crippen LogP contribution in [0.25, 0.3) is 0 Å². The number of aliphatic hydroxyl groups excluding tert-OH is 1. The highest BCUT2D eigenvalue weighted by Crippen LogP contribution is 1.97. The van der Waals surface area contributed by atoms with Crippen LogP contribution in [0.15, 0.2) is 0 Å². The number of carbonyl (C=O) groups is 6. The van der Waals surface area contributed by atoms with E-state index in [1.807, 2.05) is 5.32 Å². The first kappa shape index (κ1) is 25.7. The zero-order valence-corrected chi connectivity index (χ0v) is 15.6. The molecule has 4 amide bonds. The number of carbonyl (C=O) groups excluding carboxylic acids is 4. The third kappa shape index (κ3) is 10.0. The van der Waals surface area contributed by atoms with E-state index in [0.29, 0.717) is 0 Å². The van der Waals surface area contributed by atoms with E-state index in [9.17, 15) is 33.9 Å². The molecular weight excluding hydrogens is 394 g/mol. The monoisotopic (exact) mass is 419 g/mol. The van der Waals surface area contributed by atoms with Crippen molar-refractivity contribution in [2.45, 2.75) is 50.4 Å². The molecule has 0 radical (unpaired) electrons. The minimum Gasteiger partial charge on any atom is -0.481 e. The largest absolute Gasteiger partial charge is 0.481 e. The number of hydrogen-bond acceptors (Lipinski definition) is 8. The van der Waals surface area contributed by atoms with Gasteiger partial charge >= 0.3 is 11.9 Å². The van der Waals surface area contributed by atoms with Gasteiger partial charge in [-0.2, -0.15) is 0 Å². The molecule has 0 bridgehead atoms. The van der Waals surface area contributed by atoms with Gasteiger partial charge in [0.2, 0.25) is 23.6 Å². The number of rotatable bonds is 13. The fourth-order valence-corrected chi connectivity index (χ4v) is 1.95. The summed E-state index contributed by atoms with van der Waals surface area (Å²) in [5.41, 5.74) is 10.5. The number of nitrogens with two attached hydrogens (primary N) is 2. The zero-order valence-electron chi connectivity index (χ0n) is 15.6. The van der Waals surface area contributed by atoms with Crippen LogP contribution in [0.4, 0.5) is 0 Å². The van der Waals surface area contributed by atoms with Crippen molar-refractivity contribution in [3.63, 3.8) is 0 Å². The van der Waals surface area contributed by atoms with E-state index in [0.717, 1.165) is 0 Å². The summed E-state index contributed by atoms with van der Waals surface area (Å²) in [4.78, 5) is 68.3. The van der Waals surface area contributed by atoms with Gasteiger partial charge in [0, 0.05) is 6.42 Å². The number of carboxylic acid groups (broad SMARTS) is 2. The molecule has 10 N–H and O–H groups in total. The highest BCUT2D eigenvalue weighted by molar-refractivity contribution is 5.94. The standard InChI is InChI=1S/C15H25N5O9/c1-6(18-13(26)7(16)2-3-10(17)22)12(25)20-9(5-21)14(27)19-8(15(28)29)4-11(23)24/h6-9,21H,2-5,16H2,1H3,(H2,17,22)(H,18,26)(H,19,27)(H,20,25)(H,23,24)(H,28,29). The number of primary amides is 1. The molecule has 0 heterocycles. The number of carboxylic acids is 2. The number of aliphatic hydroxyl groups is 1. The molecule has 0 aliphatic rings. The van der Waals surface area contributed by atoms with Crippen LogP contribution in [0, 0.1) is 0 Å². The second kappa shape index (κ2) is 12.2. The average molecular weight is 419 g/mol. The summed E-state index contributed by atoms with van der Waals surface area (Å²) in [6.45, 7) is 0.334. The number of amides is 4. The van der Waals surface area contributed by atoms with Crippen LogP contribution >= 0.6 is 0 Å². The van der Waals surface area contributed by atoms with Gasteiger partial charge in [0.25, 0.3) is 0 Å². The van der Waals surface area contributed by atoms with E-state index in [4.69, 9.17) is 21.7 Å². The van der Waals surface area contributed by atoms with E-state index in [-0.39, 0.29) is 12.8 Å². The van der Waals surface area contributed by atoms with Gasteiger partial charge in [-0.1, -0.05) is 0 Å². The SMILES string of the molecule is CC(NC(=O)C(N)CCC(N)=O)C(=O)NC(CO)C(=O)NC(CC(=O)O)C(=O)O. The maximum Gasteiger partial charge on any atom is 0.326 e. The third-order valence-electron chi connectivity index (χ3n) is 3.60. The lowest BCUT2D eigenvalue weighted by molar-refractivity contribution is -0.147. The van der Waals surface area contributed by atoms with E-state index in [2.05, 4.69) is 10.6 Å². The quantitative estimate of drug-likeness (QED) is 0.142. The molecule has 164 valence electrons. The second-order valence-corrected chi connectivity index (χ2v) is 6.08. The van der Waals surface area contributed by atoms with Crippen LogP contribution in [-0.4, -0.2) is 81.7 Å². The highest BCUT2D eigenvalue weighted by Gasteiger charge is 2.29. The summed E-state index contributed by atoms with van der Waals surface area (Å²) < 4.78 is 0. The predicted octanol–water partition coefficient (Wildman–Crippen LogP) is -4.39. The lowest BCUT2D eigenvalue weighted by Crippen LogP contribution is -2.57. The van der Waals surface area contributed by atoms with Crippen LogP contribution in [0.1, 0.15) is 26.2 Å². The van der Waals surface area contributed by atoms with Crippen LogP contribution < -0.4 is 27.4 Å². The summed E-state index contributed by atoms with van der Waals surface area (Å²) in [6.07, 6.45) is -1.09. The Labute approximate surface area is 165 Å². The Kier molecular flexibility index (Phi) is 10.9. The third-order valence-corrected chi connectivity index (χ3v) is 3.60. The molecule has 4 atom stereocenters. The molecule has 4 unspecified atom stereocenters. The van der Waals surface area contributed by atoms with Gasteiger partial charge in [-0.3, -0.25) is 24.0 Å². The first-order valence-corrected chi connectivity index (χ1v) is 8.39. The van der Waals surface area contributed by atoms with Gasteiger partial charge in [-0.15, -0.1) is 0 Å². The van der Waals surface area contributed by atoms with Gasteiger partial charge in [-0.25, -0.2) is 4.79 Å². The lowest BCUT2D eigenvalue weighted by atomic mass is 10.1. The molecule has 0 fully saturated rings. The average Bonchev–Trinajstić information content (AvgIpc) is 2.62. The van der Waals surface area contributed by atoms with Crippen LogP contribution in [0.2, 0.25) is 0 Å². The Bertz CT molecular complexity index is 654. The van der Waals surface area contributed by atoms with Crippen molar-refractivity contribution >= 4 is 35.6 Å². The number of aliphatic carboxylic acids is 2. The summed E-state index contributed by atoms with van der Waals surface area (Å²) >= 11 is 0. The molecule has 0 aromatic carbocycles. The normalized spacial score (nSPS) is 14.6. The smallest absolute Gasteiger partial charge is 0.326 e. The molecule has 14 heteroatoms. The van der Waals surface area contributed by atoms with E-state index in [1.54, 1.807) is 0 Å². The molecule has 0 aromatic heterocycles. The van der Waals surface area contributed by atoms with Gasteiger partial charge in [0.05, 0.1) is 19.1 Å². The molecule has 14 nitrogen and oxygen atoms in total. The van der Waals surface area contributed by atoms with Gasteiger partial charge in [0.1, 0.15) is 18.1 Å². The maximum atomic E-state index is 12.1. The van der Waals surface area contributed by atoms with Crippen molar-refractivity contribution in [3.8, 4) is 0 Å². The molecule has 0 saturated carbocycles. The minimum absolute atomic E-state index is 0.0443. The molecule has 0 rings (SSSR count). The molecule has 0 aliphatic heterocycles. The van der Waals surface area contributed by atoms with Crippen LogP contribution in [-0.2, 0) is 28.8 Å². The van der Waals surface area contributed by atoms with Crippen molar-refractivity contribution in [3.05, 3.63) is 0 Å². The van der Waals surface area contributed by atoms with Crippen molar-refractivity contribution in [1.82, 2.24) is 16.0 Å². The minimum atomic E-state index is -1.77. The Hall–Kier alpha value is -3.26. The predicted molar refractivity (Wildman–Crippen MR) is 94.8 cm³/mol. The fourth-order valence-electron chi connectivity index (χ4n) is 1.95. The molecular formula is C15H25N5O9. The molecule has 0 spiro atoms. The Balaban J connectivity index is 4.81. The fraction of sp³-hybridized carbons (Fsp3) is 0.600. The maximum absolute atomic E-state index is 12.1. The summed E-state index contributed by atoms with van der Waals surface area (Å²) in [7, 11) is 0. The van der Waals surface area contributed by atoms with Crippen molar-refractivity contribution in [2.75, 3.05) is 6.61 Å².